The molecular weight excluding hydrogens is 551 g/mol. The smallest absolute Gasteiger partial charge is 0.240 e. The molecule has 35 heavy (non-hydrogen) atoms. The first-order valence-electron chi connectivity index (χ1n) is 12.0. The molecule has 1 saturated heterocycles. The Morgan fingerprint density at radius 2 is 1.97 bits per heavy atom. The van der Waals surface area contributed by atoms with Crippen molar-refractivity contribution in [3.8, 4) is 17.7 Å². The monoisotopic (exact) mass is 582 g/mol. The first kappa shape index (κ1) is 25.2. The van der Waals surface area contributed by atoms with Crippen LogP contribution in [-0.2, 0) is 13.0 Å². The topological polar surface area (TPSA) is 70.2 Å². The maximum atomic E-state index is 10.0. The number of nitriles is 1. The predicted octanol–water partition coefficient (Wildman–Crippen LogP) is 5.28. The van der Waals surface area contributed by atoms with E-state index in [-0.39, 0.29) is 5.88 Å². The number of hydrogen-bond acceptors (Lipinski definition) is 6. The largest absolute Gasteiger partial charge is 0.436 e. The van der Waals surface area contributed by atoms with Crippen molar-refractivity contribution >= 4 is 33.5 Å². The van der Waals surface area contributed by atoms with Gasteiger partial charge >= 0.3 is 0 Å². The van der Waals surface area contributed by atoms with Crippen LogP contribution < -0.4 is 4.74 Å². The second kappa shape index (κ2) is 11.2. The zero-order valence-electron chi connectivity index (χ0n) is 20.6. The minimum Gasteiger partial charge on any atom is -0.436 e. The summed E-state index contributed by atoms with van der Waals surface area (Å²) in [4.78, 5) is 13.6. The fourth-order valence-corrected chi connectivity index (χ4v) is 5.40. The first-order valence-corrected chi connectivity index (χ1v) is 13.1. The standard InChI is InChI=1S/C27H31IN6O/c1-5-8-20(33-13-11-32(6-2)12-14-33)16-23-22(17-29)27(31-18-30-23)35-25-10-9-24-21(26(25)28)15-19(4)34(24)7-3/h5,8-10,15,18H,1,6-7,11-14,16H2,2-4H3/b20-8+. The van der Waals surface area contributed by atoms with Gasteiger partial charge < -0.3 is 19.1 Å². The zero-order chi connectivity index (χ0) is 24.9. The molecular formula is C27H31IN6O. The van der Waals surface area contributed by atoms with Crippen molar-refractivity contribution < 1.29 is 4.74 Å². The Balaban J connectivity index is 1.62. The molecule has 8 heteroatoms. The van der Waals surface area contributed by atoms with Crippen LogP contribution in [0, 0.1) is 21.8 Å². The number of fused-ring (bicyclic) bond motifs is 1. The molecule has 2 aromatic heterocycles. The zero-order valence-corrected chi connectivity index (χ0v) is 22.7. The summed E-state index contributed by atoms with van der Waals surface area (Å²) in [6.07, 6.45) is 5.82. The summed E-state index contributed by atoms with van der Waals surface area (Å²) >= 11 is 2.31. The van der Waals surface area contributed by atoms with Gasteiger partial charge in [0.2, 0.25) is 5.88 Å². The van der Waals surface area contributed by atoms with Crippen LogP contribution in [0.15, 0.2) is 49.0 Å². The van der Waals surface area contributed by atoms with Crippen LogP contribution >= 0.6 is 22.6 Å². The SMILES string of the molecule is C=C/C=C(\Cc1ncnc(Oc2ccc3c(cc(C)n3CC)c2I)c1C#N)N1CCN(CC)CC1. The normalized spacial score (nSPS) is 14.8. The minimum absolute atomic E-state index is 0.287. The van der Waals surface area contributed by atoms with Crippen molar-refractivity contribution in [2.75, 3.05) is 32.7 Å². The molecule has 1 fully saturated rings. The highest BCUT2D eigenvalue weighted by molar-refractivity contribution is 14.1. The molecule has 0 aliphatic carbocycles. The van der Waals surface area contributed by atoms with E-state index in [1.807, 2.05) is 12.1 Å². The van der Waals surface area contributed by atoms with Gasteiger partial charge in [0.1, 0.15) is 23.7 Å². The number of halogens is 1. The van der Waals surface area contributed by atoms with Gasteiger partial charge in [0, 0.05) is 61.4 Å². The number of allylic oxidation sites excluding steroid dienone is 3. The van der Waals surface area contributed by atoms with Gasteiger partial charge in [0.15, 0.2) is 0 Å². The summed E-state index contributed by atoms with van der Waals surface area (Å²) in [6, 6.07) is 8.49. The lowest BCUT2D eigenvalue weighted by Crippen LogP contribution is -2.45. The molecule has 0 spiro atoms. The molecule has 0 unspecified atom stereocenters. The maximum Gasteiger partial charge on any atom is 0.240 e. The number of piperazine rings is 1. The highest BCUT2D eigenvalue weighted by atomic mass is 127. The second-order valence-corrected chi connectivity index (χ2v) is 9.63. The van der Waals surface area contributed by atoms with Crippen molar-refractivity contribution in [3.05, 3.63) is 69.5 Å². The third-order valence-electron chi connectivity index (χ3n) is 6.60. The summed E-state index contributed by atoms with van der Waals surface area (Å²) in [5, 5.41) is 11.2. The number of ether oxygens (including phenoxy) is 1. The quantitative estimate of drug-likeness (QED) is 0.266. The van der Waals surface area contributed by atoms with Crippen LogP contribution in [0.4, 0.5) is 0 Å². The number of benzene rings is 1. The van der Waals surface area contributed by atoms with Gasteiger partial charge in [0.05, 0.1) is 9.26 Å². The van der Waals surface area contributed by atoms with E-state index in [4.69, 9.17) is 4.74 Å². The Kier molecular flexibility index (Phi) is 8.08. The minimum atomic E-state index is 0.287. The van der Waals surface area contributed by atoms with E-state index in [9.17, 15) is 5.26 Å². The van der Waals surface area contributed by atoms with E-state index in [1.54, 1.807) is 6.08 Å². The Morgan fingerprint density at radius 3 is 2.63 bits per heavy atom. The Labute approximate surface area is 220 Å². The van der Waals surface area contributed by atoms with Gasteiger partial charge in [-0.1, -0.05) is 19.6 Å². The van der Waals surface area contributed by atoms with Gasteiger partial charge in [-0.15, -0.1) is 0 Å². The number of hydrogen-bond donors (Lipinski definition) is 0. The van der Waals surface area contributed by atoms with Crippen LogP contribution in [0.25, 0.3) is 10.9 Å². The molecule has 4 rings (SSSR count). The average Bonchev–Trinajstić information content (AvgIpc) is 3.21. The summed E-state index contributed by atoms with van der Waals surface area (Å²) in [6.45, 7) is 16.2. The summed E-state index contributed by atoms with van der Waals surface area (Å²) in [7, 11) is 0. The van der Waals surface area contributed by atoms with E-state index >= 15 is 0 Å². The lowest BCUT2D eigenvalue weighted by molar-refractivity contribution is 0.163. The van der Waals surface area contributed by atoms with Crippen molar-refractivity contribution in [2.45, 2.75) is 33.7 Å². The third kappa shape index (κ3) is 5.21. The molecule has 0 bridgehead atoms. The van der Waals surface area contributed by atoms with Gasteiger partial charge in [0.25, 0.3) is 0 Å². The summed E-state index contributed by atoms with van der Waals surface area (Å²) in [5.74, 6) is 0.972. The van der Waals surface area contributed by atoms with Gasteiger partial charge in [-0.05, 0) is 67.3 Å². The number of aromatic nitrogens is 3. The Bertz CT molecular complexity index is 1300. The fourth-order valence-electron chi connectivity index (χ4n) is 4.68. The molecule has 1 aromatic carbocycles. The van der Waals surface area contributed by atoms with E-state index in [0.717, 1.165) is 53.9 Å². The molecule has 3 heterocycles. The highest BCUT2D eigenvalue weighted by Gasteiger charge is 2.21. The van der Waals surface area contributed by atoms with Crippen molar-refractivity contribution in [1.82, 2.24) is 24.3 Å². The number of rotatable bonds is 8. The van der Waals surface area contributed by atoms with Gasteiger partial charge in [-0.3, -0.25) is 0 Å². The van der Waals surface area contributed by atoms with Crippen LogP contribution in [0.3, 0.4) is 0 Å². The van der Waals surface area contributed by atoms with Crippen LogP contribution in [-0.4, -0.2) is 57.1 Å². The van der Waals surface area contributed by atoms with Crippen molar-refractivity contribution in [1.29, 1.82) is 5.26 Å². The summed E-state index contributed by atoms with van der Waals surface area (Å²) in [5.41, 5.74) is 4.51. The fraction of sp³-hybridized carbons (Fsp3) is 0.370. The van der Waals surface area contributed by atoms with E-state index in [0.29, 0.717) is 23.4 Å². The molecule has 1 aliphatic heterocycles. The molecule has 0 radical (unpaired) electrons. The van der Waals surface area contributed by atoms with E-state index in [1.165, 1.54) is 17.5 Å². The van der Waals surface area contributed by atoms with E-state index < -0.39 is 0 Å². The maximum absolute atomic E-state index is 10.0. The highest BCUT2D eigenvalue weighted by Crippen LogP contribution is 2.35. The second-order valence-electron chi connectivity index (χ2n) is 8.55. The predicted molar refractivity (Wildman–Crippen MR) is 148 cm³/mol. The molecule has 1 aliphatic rings. The Morgan fingerprint density at radius 1 is 1.20 bits per heavy atom. The number of aryl methyl sites for hydroxylation is 2. The van der Waals surface area contributed by atoms with Gasteiger partial charge in [-0.25, -0.2) is 9.97 Å². The lowest BCUT2D eigenvalue weighted by Gasteiger charge is -2.37. The number of likely N-dealkylation sites (N-methyl/N-ethyl adjacent to an activating group) is 1. The molecule has 3 aromatic rings. The average molecular weight is 582 g/mol. The van der Waals surface area contributed by atoms with Crippen LogP contribution in [0.2, 0.25) is 0 Å². The molecule has 0 N–H and O–H groups in total. The molecule has 0 atom stereocenters. The first-order chi connectivity index (χ1) is 17.0. The molecule has 0 amide bonds. The van der Waals surface area contributed by atoms with Crippen LogP contribution in [0.1, 0.15) is 30.8 Å². The summed E-state index contributed by atoms with van der Waals surface area (Å²) < 4.78 is 9.50. The molecule has 7 nitrogen and oxygen atoms in total. The van der Waals surface area contributed by atoms with Crippen molar-refractivity contribution in [2.24, 2.45) is 0 Å². The third-order valence-corrected chi connectivity index (χ3v) is 7.71. The van der Waals surface area contributed by atoms with Crippen LogP contribution in [0.5, 0.6) is 11.6 Å². The number of nitrogens with zero attached hydrogens (tertiary/aromatic N) is 6. The van der Waals surface area contributed by atoms with Crippen molar-refractivity contribution in [3.63, 3.8) is 0 Å². The Hall–Kier alpha value is -2.90. The van der Waals surface area contributed by atoms with E-state index in [2.05, 4.69) is 92.5 Å². The molecule has 182 valence electrons. The molecule has 0 saturated carbocycles. The van der Waals surface area contributed by atoms with Gasteiger partial charge in [-0.2, -0.15) is 5.26 Å². The lowest BCUT2D eigenvalue weighted by atomic mass is 10.1.